The fourth-order valence-electron chi connectivity index (χ4n) is 1.76. The van der Waals surface area contributed by atoms with Crippen molar-refractivity contribution in [2.75, 3.05) is 13.2 Å². The summed E-state index contributed by atoms with van der Waals surface area (Å²) in [5.74, 6) is -2.10. The minimum Gasteiger partial charge on any atom is -0.478 e. The second-order valence-corrected chi connectivity index (χ2v) is 5.37. The van der Waals surface area contributed by atoms with Gasteiger partial charge in [-0.15, -0.1) is 6.58 Å². The summed E-state index contributed by atoms with van der Waals surface area (Å²) in [4.78, 5) is 26.9. The van der Waals surface area contributed by atoms with Crippen molar-refractivity contribution in [1.82, 2.24) is 0 Å². The minimum absolute atomic E-state index is 0.103. The molecule has 0 aliphatic rings. The largest absolute Gasteiger partial charge is 0.478 e. The average Bonchev–Trinajstić information content (AvgIpc) is 2.45. The predicted octanol–water partition coefficient (Wildman–Crippen LogP) is 2.54. The molecule has 0 aromatic heterocycles. The van der Waals surface area contributed by atoms with Gasteiger partial charge in [-0.05, 0) is 38.8 Å². The molecule has 0 bridgehead atoms. The lowest BCUT2D eigenvalue weighted by molar-refractivity contribution is -0.246. The number of carbonyl (C=O) groups is 2. The number of aromatic carboxylic acids is 1. The first-order valence-electron chi connectivity index (χ1n) is 7.29. The maximum absolute atomic E-state index is 11.8. The lowest BCUT2D eigenvalue weighted by Crippen LogP contribution is -2.17. The number of aliphatic hydroxyl groups is 1. The Balaban J connectivity index is 0.00000118. The molecule has 7 heteroatoms. The number of carbonyl (C=O) groups excluding carboxylic acids is 1. The summed E-state index contributed by atoms with van der Waals surface area (Å²) < 4.78 is 4.77. The van der Waals surface area contributed by atoms with Crippen LogP contribution in [0.3, 0.4) is 0 Å². The molecule has 0 spiro atoms. The zero-order chi connectivity index (χ0) is 18.7. The van der Waals surface area contributed by atoms with Crippen LogP contribution in [0.2, 0.25) is 0 Å². The Bertz CT molecular complexity index is 560. The smallest absolute Gasteiger partial charge is 0.339 e. The van der Waals surface area contributed by atoms with Gasteiger partial charge < -0.3 is 14.9 Å². The molecule has 0 saturated heterocycles. The maximum Gasteiger partial charge on any atom is 0.339 e. The highest BCUT2D eigenvalue weighted by Crippen LogP contribution is 2.18. The third kappa shape index (κ3) is 8.42. The predicted molar refractivity (Wildman–Crippen MR) is 88.1 cm³/mol. The van der Waals surface area contributed by atoms with Crippen molar-refractivity contribution in [2.24, 2.45) is 0 Å². The summed E-state index contributed by atoms with van der Waals surface area (Å²) in [7, 11) is 0. The Labute approximate surface area is 141 Å². The number of hydrogen-bond acceptors (Lipinski definition) is 6. The van der Waals surface area contributed by atoms with Gasteiger partial charge in [0, 0.05) is 0 Å². The number of aliphatic hydroxyl groups excluding tert-OH is 1. The first-order valence-corrected chi connectivity index (χ1v) is 7.29. The molecule has 134 valence electrons. The number of allylic oxidation sites excluding steroid dienone is 1. The van der Waals surface area contributed by atoms with Crippen LogP contribution in [0.5, 0.6) is 0 Å². The average molecular weight is 340 g/mol. The SMILES string of the molecule is C=C(C)C.CC(O)Cc1cccc(C(=O)OCCOO)c1C(=O)O. The Kier molecular flexibility index (Phi) is 10.3. The Morgan fingerprint density at radius 1 is 1.25 bits per heavy atom. The molecular formula is C17H24O7. The third-order valence-corrected chi connectivity index (χ3v) is 2.51. The quantitative estimate of drug-likeness (QED) is 0.230. The normalized spacial score (nSPS) is 11.0. The van der Waals surface area contributed by atoms with Gasteiger partial charge in [-0.1, -0.05) is 17.7 Å². The van der Waals surface area contributed by atoms with Gasteiger partial charge in [0.25, 0.3) is 0 Å². The van der Waals surface area contributed by atoms with E-state index in [-0.39, 0.29) is 30.8 Å². The minimum atomic E-state index is -1.27. The molecule has 24 heavy (non-hydrogen) atoms. The second kappa shape index (κ2) is 11.3. The van der Waals surface area contributed by atoms with Crippen LogP contribution in [0.4, 0.5) is 0 Å². The van der Waals surface area contributed by atoms with Crippen LogP contribution in [0.25, 0.3) is 0 Å². The molecule has 0 aliphatic heterocycles. The number of ether oxygens (including phenoxy) is 1. The number of benzene rings is 1. The number of carboxylic acids is 1. The second-order valence-electron chi connectivity index (χ2n) is 5.37. The number of hydrogen-bond donors (Lipinski definition) is 3. The van der Waals surface area contributed by atoms with Crippen LogP contribution in [-0.2, 0) is 16.0 Å². The summed E-state index contributed by atoms with van der Waals surface area (Å²) in [5.41, 5.74) is 1.22. The van der Waals surface area contributed by atoms with E-state index in [0.29, 0.717) is 5.56 Å². The van der Waals surface area contributed by atoms with Gasteiger partial charge in [-0.3, -0.25) is 5.26 Å². The fraction of sp³-hybridized carbons (Fsp3) is 0.412. The van der Waals surface area contributed by atoms with Crippen LogP contribution in [0.15, 0.2) is 30.4 Å². The number of carboxylic acid groups (broad SMARTS) is 1. The molecule has 1 rings (SSSR count). The molecule has 0 amide bonds. The molecule has 7 nitrogen and oxygen atoms in total. The van der Waals surface area contributed by atoms with E-state index < -0.39 is 18.0 Å². The van der Waals surface area contributed by atoms with E-state index in [0.717, 1.165) is 0 Å². The highest BCUT2D eigenvalue weighted by atomic mass is 17.1. The highest BCUT2D eigenvalue weighted by Gasteiger charge is 2.21. The Hall–Kier alpha value is -2.22. The molecule has 0 saturated carbocycles. The van der Waals surface area contributed by atoms with Gasteiger partial charge in [-0.25, -0.2) is 14.5 Å². The fourth-order valence-corrected chi connectivity index (χ4v) is 1.76. The van der Waals surface area contributed by atoms with E-state index >= 15 is 0 Å². The van der Waals surface area contributed by atoms with E-state index in [1.807, 2.05) is 13.8 Å². The van der Waals surface area contributed by atoms with Crippen molar-refractivity contribution in [3.05, 3.63) is 47.0 Å². The van der Waals surface area contributed by atoms with Crippen LogP contribution in [0.1, 0.15) is 47.1 Å². The van der Waals surface area contributed by atoms with Gasteiger partial charge in [-0.2, -0.15) is 0 Å². The van der Waals surface area contributed by atoms with Gasteiger partial charge in [0.15, 0.2) is 0 Å². The third-order valence-electron chi connectivity index (χ3n) is 2.51. The molecule has 0 radical (unpaired) electrons. The molecule has 0 heterocycles. The first kappa shape index (κ1) is 21.8. The van der Waals surface area contributed by atoms with Gasteiger partial charge in [0.2, 0.25) is 0 Å². The Morgan fingerprint density at radius 2 is 1.83 bits per heavy atom. The molecule has 1 unspecified atom stereocenters. The molecule has 1 aromatic rings. The standard InChI is InChI=1S/C13H16O7.C4H8/c1-8(14)7-9-3-2-4-10(11(9)12(15)16)13(17)19-5-6-20-18;1-4(2)3/h2-4,8,14,18H,5-7H2,1H3,(H,15,16);1H2,2-3H3. The summed E-state index contributed by atoms with van der Waals surface area (Å²) in [6, 6.07) is 4.38. The molecule has 0 aliphatic carbocycles. The van der Waals surface area contributed by atoms with E-state index in [9.17, 15) is 19.8 Å². The van der Waals surface area contributed by atoms with Crippen molar-refractivity contribution < 1.29 is 34.7 Å². The number of esters is 1. The van der Waals surface area contributed by atoms with Gasteiger partial charge in [0.05, 0.1) is 17.2 Å². The summed E-state index contributed by atoms with van der Waals surface area (Å²) in [5, 5.41) is 26.7. The summed E-state index contributed by atoms with van der Waals surface area (Å²) in [6.45, 7) is 8.62. The maximum atomic E-state index is 11.8. The molecule has 3 N–H and O–H groups in total. The van der Waals surface area contributed by atoms with Crippen LogP contribution in [0, 0.1) is 0 Å². The van der Waals surface area contributed by atoms with Crippen molar-refractivity contribution in [2.45, 2.75) is 33.3 Å². The van der Waals surface area contributed by atoms with Gasteiger partial charge in [0.1, 0.15) is 13.2 Å². The zero-order valence-corrected chi connectivity index (χ0v) is 14.1. The molecule has 1 atom stereocenters. The lowest BCUT2D eigenvalue weighted by Gasteiger charge is -2.12. The van der Waals surface area contributed by atoms with Crippen LogP contribution >= 0.6 is 0 Å². The van der Waals surface area contributed by atoms with Crippen molar-refractivity contribution in [3.63, 3.8) is 0 Å². The summed E-state index contributed by atoms with van der Waals surface area (Å²) in [6.07, 6.45) is -0.621. The van der Waals surface area contributed by atoms with Gasteiger partial charge >= 0.3 is 11.9 Å². The molecule has 0 fully saturated rings. The zero-order valence-electron chi connectivity index (χ0n) is 14.1. The van der Waals surface area contributed by atoms with Crippen molar-refractivity contribution in [3.8, 4) is 0 Å². The van der Waals surface area contributed by atoms with E-state index in [1.165, 1.54) is 30.7 Å². The first-order chi connectivity index (χ1) is 11.2. The molecular weight excluding hydrogens is 316 g/mol. The lowest BCUT2D eigenvalue weighted by atomic mass is 9.97. The Morgan fingerprint density at radius 3 is 2.29 bits per heavy atom. The van der Waals surface area contributed by atoms with E-state index in [2.05, 4.69) is 11.5 Å². The highest BCUT2D eigenvalue weighted by molar-refractivity contribution is 6.03. The van der Waals surface area contributed by atoms with Crippen LogP contribution in [-0.4, -0.2) is 46.7 Å². The van der Waals surface area contributed by atoms with Crippen LogP contribution < -0.4 is 0 Å². The van der Waals surface area contributed by atoms with Crippen molar-refractivity contribution in [1.29, 1.82) is 0 Å². The number of rotatable bonds is 7. The monoisotopic (exact) mass is 340 g/mol. The molecule has 1 aromatic carbocycles. The topological polar surface area (TPSA) is 113 Å². The summed E-state index contributed by atoms with van der Waals surface area (Å²) >= 11 is 0. The van der Waals surface area contributed by atoms with E-state index in [4.69, 9.17) is 9.99 Å². The van der Waals surface area contributed by atoms with Crippen molar-refractivity contribution >= 4 is 11.9 Å². The van der Waals surface area contributed by atoms with E-state index in [1.54, 1.807) is 0 Å².